The molecule has 3 heteroatoms. The Morgan fingerprint density at radius 1 is 1.12 bits per heavy atom. The van der Waals surface area contributed by atoms with Gasteiger partial charge in [0.15, 0.2) is 0 Å². The predicted octanol–water partition coefficient (Wildman–Crippen LogP) is 4.61. The summed E-state index contributed by atoms with van der Waals surface area (Å²) in [6.45, 7) is 1.99. The van der Waals surface area contributed by atoms with E-state index in [1.165, 1.54) is 0 Å². The Labute approximate surface area is 110 Å². The van der Waals surface area contributed by atoms with Crippen molar-refractivity contribution in [2.24, 2.45) is 0 Å². The fraction of sp³-hybridized carbons (Fsp3) is 0.0714. The highest BCUT2D eigenvalue weighted by Crippen LogP contribution is 2.34. The van der Waals surface area contributed by atoms with Crippen molar-refractivity contribution in [3.8, 4) is 0 Å². The average Bonchev–Trinajstić information content (AvgIpc) is 2.34. The first-order valence-corrected chi connectivity index (χ1v) is 6.38. The summed E-state index contributed by atoms with van der Waals surface area (Å²) in [6.07, 6.45) is 0.858. The molecule has 0 amide bonds. The lowest BCUT2D eigenvalue weighted by Crippen LogP contribution is -1.85. The first kappa shape index (κ1) is 12.2. The summed E-state index contributed by atoms with van der Waals surface area (Å²) >= 11 is 7.72. The van der Waals surface area contributed by atoms with Crippen molar-refractivity contribution < 1.29 is 4.79 Å². The summed E-state index contributed by atoms with van der Waals surface area (Å²) in [5.74, 6) is 0. The van der Waals surface area contributed by atoms with E-state index in [4.69, 9.17) is 11.6 Å². The number of hydrogen-bond acceptors (Lipinski definition) is 2. The monoisotopic (exact) mass is 262 g/mol. The molecule has 86 valence electrons. The third-order valence-corrected chi connectivity index (χ3v) is 4.09. The van der Waals surface area contributed by atoms with Crippen molar-refractivity contribution in [1.82, 2.24) is 0 Å². The number of carbonyl (C=O) groups is 1. The summed E-state index contributed by atoms with van der Waals surface area (Å²) in [4.78, 5) is 12.8. The molecule has 0 spiro atoms. The molecule has 0 unspecified atom stereocenters. The Morgan fingerprint density at radius 3 is 2.53 bits per heavy atom. The molecule has 0 aromatic heterocycles. The van der Waals surface area contributed by atoms with Crippen LogP contribution in [0.5, 0.6) is 0 Å². The number of hydrogen-bond donors (Lipinski definition) is 0. The minimum atomic E-state index is 0.700. The van der Waals surface area contributed by atoms with Crippen molar-refractivity contribution >= 4 is 29.6 Å². The van der Waals surface area contributed by atoms with Gasteiger partial charge in [0.2, 0.25) is 0 Å². The SMILES string of the molecule is Cc1cc(C=O)ccc1Sc1ccccc1Cl. The Morgan fingerprint density at radius 2 is 1.88 bits per heavy atom. The fourth-order valence-corrected chi connectivity index (χ4v) is 2.66. The Bertz CT molecular complexity index is 552. The third-order valence-electron chi connectivity index (χ3n) is 2.39. The van der Waals surface area contributed by atoms with Gasteiger partial charge in [-0.05, 0) is 36.8 Å². The molecule has 2 aromatic carbocycles. The summed E-state index contributed by atoms with van der Waals surface area (Å²) < 4.78 is 0. The van der Waals surface area contributed by atoms with E-state index in [1.54, 1.807) is 11.8 Å². The maximum Gasteiger partial charge on any atom is 0.150 e. The van der Waals surface area contributed by atoms with E-state index in [1.807, 2.05) is 49.4 Å². The van der Waals surface area contributed by atoms with E-state index in [0.29, 0.717) is 5.56 Å². The zero-order valence-electron chi connectivity index (χ0n) is 9.31. The molecule has 0 aliphatic rings. The van der Waals surface area contributed by atoms with Gasteiger partial charge in [0.25, 0.3) is 0 Å². The fourth-order valence-electron chi connectivity index (χ4n) is 1.51. The molecule has 0 atom stereocenters. The Hall–Kier alpha value is -1.25. The number of halogens is 1. The van der Waals surface area contributed by atoms with E-state index < -0.39 is 0 Å². The molecule has 0 fully saturated rings. The molecule has 0 N–H and O–H groups in total. The Balaban J connectivity index is 2.31. The van der Waals surface area contributed by atoms with Gasteiger partial charge in [0.05, 0.1) is 5.02 Å². The molecule has 0 aliphatic heterocycles. The van der Waals surface area contributed by atoms with Crippen LogP contribution in [0, 0.1) is 6.92 Å². The second kappa shape index (κ2) is 5.39. The van der Waals surface area contributed by atoms with Gasteiger partial charge in [-0.2, -0.15) is 0 Å². The number of rotatable bonds is 3. The predicted molar refractivity (Wildman–Crippen MR) is 72.1 cm³/mol. The van der Waals surface area contributed by atoms with Crippen molar-refractivity contribution in [2.45, 2.75) is 16.7 Å². The van der Waals surface area contributed by atoms with Crippen LogP contribution in [0.1, 0.15) is 15.9 Å². The lowest BCUT2D eigenvalue weighted by Gasteiger charge is -2.07. The number of aldehydes is 1. The summed E-state index contributed by atoms with van der Waals surface area (Å²) in [5, 5.41) is 0.747. The zero-order chi connectivity index (χ0) is 12.3. The number of benzene rings is 2. The van der Waals surface area contributed by atoms with Crippen LogP contribution in [0.25, 0.3) is 0 Å². The summed E-state index contributed by atoms with van der Waals surface area (Å²) in [5.41, 5.74) is 1.78. The summed E-state index contributed by atoms with van der Waals surface area (Å²) in [7, 11) is 0. The van der Waals surface area contributed by atoms with Crippen LogP contribution < -0.4 is 0 Å². The second-order valence-corrected chi connectivity index (χ2v) is 5.17. The molecule has 0 radical (unpaired) electrons. The molecule has 0 saturated heterocycles. The topological polar surface area (TPSA) is 17.1 Å². The second-order valence-electron chi connectivity index (χ2n) is 3.68. The van der Waals surface area contributed by atoms with Crippen LogP contribution in [0.2, 0.25) is 5.02 Å². The lowest BCUT2D eigenvalue weighted by molar-refractivity contribution is 0.112. The van der Waals surface area contributed by atoms with E-state index in [9.17, 15) is 4.79 Å². The van der Waals surface area contributed by atoms with Crippen LogP contribution in [0.15, 0.2) is 52.3 Å². The van der Waals surface area contributed by atoms with Gasteiger partial charge in [-0.1, -0.05) is 41.6 Å². The zero-order valence-corrected chi connectivity index (χ0v) is 10.9. The minimum absolute atomic E-state index is 0.700. The van der Waals surface area contributed by atoms with Gasteiger partial charge in [0, 0.05) is 15.4 Å². The lowest BCUT2D eigenvalue weighted by atomic mass is 10.2. The van der Waals surface area contributed by atoms with E-state index in [2.05, 4.69) is 0 Å². The normalized spacial score (nSPS) is 10.2. The first-order valence-electron chi connectivity index (χ1n) is 5.19. The number of carbonyl (C=O) groups excluding carboxylic acids is 1. The van der Waals surface area contributed by atoms with Crippen LogP contribution >= 0.6 is 23.4 Å². The molecule has 0 saturated carbocycles. The van der Waals surface area contributed by atoms with Crippen LogP contribution in [-0.2, 0) is 0 Å². The molecule has 0 aliphatic carbocycles. The average molecular weight is 263 g/mol. The van der Waals surface area contributed by atoms with Gasteiger partial charge < -0.3 is 0 Å². The van der Waals surface area contributed by atoms with Crippen LogP contribution in [0.4, 0.5) is 0 Å². The highest BCUT2D eigenvalue weighted by molar-refractivity contribution is 7.99. The van der Waals surface area contributed by atoms with E-state index in [-0.39, 0.29) is 0 Å². The third kappa shape index (κ3) is 2.90. The smallest absolute Gasteiger partial charge is 0.150 e. The van der Waals surface area contributed by atoms with Crippen molar-refractivity contribution in [3.05, 3.63) is 58.6 Å². The minimum Gasteiger partial charge on any atom is -0.298 e. The van der Waals surface area contributed by atoms with Gasteiger partial charge in [-0.3, -0.25) is 4.79 Å². The van der Waals surface area contributed by atoms with Crippen molar-refractivity contribution in [3.63, 3.8) is 0 Å². The van der Waals surface area contributed by atoms with Crippen molar-refractivity contribution in [2.75, 3.05) is 0 Å². The molecule has 0 heterocycles. The number of aryl methyl sites for hydroxylation is 1. The largest absolute Gasteiger partial charge is 0.298 e. The quantitative estimate of drug-likeness (QED) is 0.752. The molecule has 0 bridgehead atoms. The van der Waals surface area contributed by atoms with Gasteiger partial charge in [0.1, 0.15) is 6.29 Å². The standard InChI is InChI=1S/C14H11ClOS/c1-10-8-11(9-16)6-7-13(10)17-14-5-3-2-4-12(14)15/h2-9H,1H3. The Kier molecular flexibility index (Phi) is 3.87. The van der Waals surface area contributed by atoms with E-state index in [0.717, 1.165) is 26.7 Å². The van der Waals surface area contributed by atoms with Crippen LogP contribution in [-0.4, -0.2) is 6.29 Å². The molecule has 2 aromatic rings. The van der Waals surface area contributed by atoms with E-state index >= 15 is 0 Å². The maximum atomic E-state index is 10.7. The first-order chi connectivity index (χ1) is 8.20. The van der Waals surface area contributed by atoms with Gasteiger partial charge in [-0.15, -0.1) is 0 Å². The summed E-state index contributed by atoms with van der Waals surface area (Å²) in [6, 6.07) is 13.4. The van der Waals surface area contributed by atoms with Crippen molar-refractivity contribution in [1.29, 1.82) is 0 Å². The molecule has 17 heavy (non-hydrogen) atoms. The highest BCUT2D eigenvalue weighted by Gasteiger charge is 2.05. The molecular weight excluding hydrogens is 252 g/mol. The highest BCUT2D eigenvalue weighted by atomic mass is 35.5. The molecule has 1 nitrogen and oxygen atoms in total. The maximum absolute atomic E-state index is 10.7. The van der Waals surface area contributed by atoms with Gasteiger partial charge >= 0.3 is 0 Å². The van der Waals surface area contributed by atoms with Gasteiger partial charge in [-0.25, -0.2) is 0 Å². The van der Waals surface area contributed by atoms with Crippen LogP contribution in [0.3, 0.4) is 0 Å². The molecular formula is C14H11ClOS. The molecule has 2 rings (SSSR count).